The van der Waals surface area contributed by atoms with Crippen molar-refractivity contribution in [2.24, 2.45) is 5.41 Å². The third-order valence-corrected chi connectivity index (χ3v) is 5.59. The summed E-state index contributed by atoms with van der Waals surface area (Å²) in [4.78, 5) is 0. The third-order valence-electron chi connectivity index (χ3n) is 4.94. The Kier molecular flexibility index (Phi) is 4.04. The summed E-state index contributed by atoms with van der Waals surface area (Å²) in [7, 11) is 0. The van der Waals surface area contributed by atoms with Crippen LogP contribution < -0.4 is 4.74 Å². The van der Waals surface area contributed by atoms with Crippen LogP contribution in [0, 0.1) is 11.2 Å². The second-order valence-corrected chi connectivity index (χ2v) is 6.93. The lowest BCUT2D eigenvalue weighted by molar-refractivity contribution is -0.163. The molecule has 2 unspecified atom stereocenters. The van der Waals surface area contributed by atoms with Crippen LogP contribution in [-0.4, -0.2) is 17.3 Å². The van der Waals surface area contributed by atoms with E-state index in [0.29, 0.717) is 12.2 Å². The van der Waals surface area contributed by atoms with E-state index in [4.69, 9.17) is 4.74 Å². The summed E-state index contributed by atoms with van der Waals surface area (Å²) in [6.45, 7) is 0. The van der Waals surface area contributed by atoms with E-state index in [1.807, 2.05) is 0 Å². The highest BCUT2D eigenvalue weighted by atomic mass is 79.9. The standard InChI is InChI=1S/C16H20BrFO2/c17-12-6-5-11(18)9-13(12)20-15-10-14(19)16(15)7-3-1-2-4-8-16/h5-6,9,14-15,19H,1-4,7-8,10H2. The van der Waals surface area contributed by atoms with Crippen molar-refractivity contribution < 1.29 is 14.2 Å². The largest absolute Gasteiger partial charge is 0.488 e. The van der Waals surface area contributed by atoms with Crippen LogP contribution in [0.5, 0.6) is 5.75 Å². The van der Waals surface area contributed by atoms with E-state index >= 15 is 0 Å². The molecule has 4 heteroatoms. The lowest BCUT2D eigenvalue weighted by Gasteiger charge is -2.53. The summed E-state index contributed by atoms with van der Waals surface area (Å²) < 4.78 is 20.1. The van der Waals surface area contributed by atoms with Gasteiger partial charge in [-0.05, 0) is 40.9 Å². The molecule has 2 aliphatic rings. The molecule has 1 aromatic rings. The molecule has 0 aromatic heterocycles. The molecule has 2 aliphatic carbocycles. The summed E-state index contributed by atoms with van der Waals surface area (Å²) in [5.74, 6) is 0.253. The van der Waals surface area contributed by atoms with Crippen molar-refractivity contribution in [1.29, 1.82) is 0 Å². The molecule has 0 saturated heterocycles. The van der Waals surface area contributed by atoms with E-state index in [9.17, 15) is 9.50 Å². The smallest absolute Gasteiger partial charge is 0.136 e. The number of aliphatic hydroxyl groups excluding tert-OH is 1. The van der Waals surface area contributed by atoms with Gasteiger partial charge in [-0.3, -0.25) is 0 Å². The van der Waals surface area contributed by atoms with Crippen LogP contribution in [0.1, 0.15) is 44.9 Å². The van der Waals surface area contributed by atoms with Gasteiger partial charge in [0.25, 0.3) is 0 Å². The Morgan fingerprint density at radius 2 is 1.90 bits per heavy atom. The maximum absolute atomic E-state index is 13.3. The number of hydrogen-bond donors (Lipinski definition) is 1. The average molecular weight is 343 g/mol. The van der Waals surface area contributed by atoms with E-state index in [0.717, 1.165) is 30.2 Å². The van der Waals surface area contributed by atoms with E-state index in [1.165, 1.54) is 25.0 Å². The first-order chi connectivity index (χ1) is 9.62. The zero-order chi connectivity index (χ0) is 14.2. The van der Waals surface area contributed by atoms with Gasteiger partial charge in [-0.2, -0.15) is 0 Å². The summed E-state index contributed by atoms with van der Waals surface area (Å²) in [5.41, 5.74) is -0.109. The van der Waals surface area contributed by atoms with Crippen LogP contribution in [0.4, 0.5) is 4.39 Å². The van der Waals surface area contributed by atoms with Gasteiger partial charge < -0.3 is 9.84 Å². The lowest BCUT2D eigenvalue weighted by atomic mass is 9.59. The Balaban J connectivity index is 1.78. The van der Waals surface area contributed by atoms with E-state index < -0.39 is 0 Å². The number of ether oxygens (including phenoxy) is 1. The normalized spacial score (nSPS) is 28.8. The van der Waals surface area contributed by atoms with Gasteiger partial charge in [0, 0.05) is 17.9 Å². The second kappa shape index (κ2) is 5.64. The van der Waals surface area contributed by atoms with Gasteiger partial charge in [-0.15, -0.1) is 0 Å². The molecule has 2 atom stereocenters. The molecule has 1 N–H and O–H groups in total. The van der Waals surface area contributed by atoms with Gasteiger partial charge in [0.15, 0.2) is 0 Å². The van der Waals surface area contributed by atoms with Crippen molar-refractivity contribution in [3.63, 3.8) is 0 Å². The van der Waals surface area contributed by atoms with Crippen LogP contribution in [-0.2, 0) is 0 Å². The van der Waals surface area contributed by atoms with Crippen LogP contribution in [0.15, 0.2) is 22.7 Å². The number of aliphatic hydroxyl groups is 1. The summed E-state index contributed by atoms with van der Waals surface area (Å²) >= 11 is 3.40. The number of halogens is 2. The second-order valence-electron chi connectivity index (χ2n) is 6.08. The van der Waals surface area contributed by atoms with E-state index in [1.54, 1.807) is 6.07 Å². The van der Waals surface area contributed by atoms with Crippen LogP contribution in [0.2, 0.25) is 0 Å². The van der Waals surface area contributed by atoms with Gasteiger partial charge in [-0.1, -0.05) is 25.7 Å². The molecule has 2 fully saturated rings. The monoisotopic (exact) mass is 342 g/mol. The average Bonchev–Trinajstić information content (AvgIpc) is 2.70. The minimum absolute atomic E-state index is 0.00806. The minimum atomic E-state index is -0.294. The quantitative estimate of drug-likeness (QED) is 0.860. The Morgan fingerprint density at radius 3 is 2.55 bits per heavy atom. The molecule has 2 nitrogen and oxygen atoms in total. The van der Waals surface area contributed by atoms with E-state index in [2.05, 4.69) is 15.9 Å². The predicted octanol–water partition coefficient (Wildman–Crippen LogP) is 4.44. The first-order valence-electron chi connectivity index (χ1n) is 7.41. The molecular formula is C16H20BrFO2. The summed E-state index contributed by atoms with van der Waals surface area (Å²) in [6, 6.07) is 4.49. The zero-order valence-electron chi connectivity index (χ0n) is 11.4. The molecule has 0 heterocycles. The molecule has 2 saturated carbocycles. The van der Waals surface area contributed by atoms with E-state index in [-0.39, 0.29) is 23.4 Å². The maximum Gasteiger partial charge on any atom is 0.136 e. The molecule has 0 radical (unpaired) electrons. The number of rotatable bonds is 2. The van der Waals surface area contributed by atoms with Crippen molar-refractivity contribution in [3.8, 4) is 5.75 Å². The fourth-order valence-corrected chi connectivity index (χ4v) is 3.99. The summed E-state index contributed by atoms with van der Waals surface area (Å²) in [5, 5.41) is 10.3. The summed E-state index contributed by atoms with van der Waals surface area (Å²) in [6.07, 6.45) is 7.23. The highest BCUT2D eigenvalue weighted by Gasteiger charge is 2.55. The van der Waals surface area contributed by atoms with Crippen molar-refractivity contribution in [2.75, 3.05) is 0 Å². The van der Waals surface area contributed by atoms with Crippen molar-refractivity contribution in [2.45, 2.75) is 57.2 Å². The van der Waals surface area contributed by atoms with Gasteiger partial charge >= 0.3 is 0 Å². The number of hydrogen-bond acceptors (Lipinski definition) is 2. The van der Waals surface area contributed by atoms with Crippen molar-refractivity contribution in [3.05, 3.63) is 28.5 Å². The molecule has 1 aromatic carbocycles. The van der Waals surface area contributed by atoms with Crippen molar-refractivity contribution >= 4 is 15.9 Å². The molecule has 0 amide bonds. The van der Waals surface area contributed by atoms with Gasteiger partial charge in [0.05, 0.1) is 10.6 Å². The predicted molar refractivity (Wildman–Crippen MR) is 79.3 cm³/mol. The van der Waals surface area contributed by atoms with Gasteiger partial charge in [0.1, 0.15) is 17.7 Å². The fraction of sp³-hybridized carbons (Fsp3) is 0.625. The van der Waals surface area contributed by atoms with Crippen LogP contribution in [0.3, 0.4) is 0 Å². The van der Waals surface area contributed by atoms with Gasteiger partial charge in [-0.25, -0.2) is 4.39 Å². The molecule has 0 bridgehead atoms. The SMILES string of the molecule is OC1CC(Oc2cc(F)ccc2Br)C12CCCCCC2. The lowest BCUT2D eigenvalue weighted by Crippen LogP contribution is -2.59. The fourth-order valence-electron chi connectivity index (χ4n) is 3.65. The Hall–Kier alpha value is -0.610. The molecule has 20 heavy (non-hydrogen) atoms. The highest BCUT2D eigenvalue weighted by molar-refractivity contribution is 9.10. The highest BCUT2D eigenvalue weighted by Crippen LogP contribution is 2.52. The first kappa shape index (κ1) is 14.3. The molecule has 3 rings (SSSR count). The topological polar surface area (TPSA) is 29.5 Å². The van der Waals surface area contributed by atoms with Crippen molar-refractivity contribution in [1.82, 2.24) is 0 Å². The molecular weight excluding hydrogens is 323 g/mol. The Morgan fingerprint density at radius 1 is 1.20 bits per heavy atom. The minimum Gasteiger partial charge on any atom is -0.488 e. The molecule has 110 valence electrons. The molecule has 0 aliphatic heterocycles. The zero-order valence-corrected chi connectivity index (χ0v) is 13.0. The Bertz CT molecular complexity index is 483. The Labute approximate surface area is 127 Å². The maximum atomic E-state index is 13.3. The van der Waals surface area contributed by atoms with Crippen LogP contribution in [0.25, 0.3) is 0 Å². The third kappa shape index (κ3) is 2.48. The number of benzene rings is 1. The van der Waals surface area contributed by atoms with Crippen LogP contribution >= 0.6 is 15.9 Å². The molecule has 1 spiro atoms. The van der Waals surface area contributed by atoms with Gasteiger partial charge in [0.2, 0.25) is 0 Å². The first-order valence-corrected chi connectivity index (χ1v) is 8.21.